The van der Waals surface area contributed by atoms with E-state index in [-0.39, 0.29) is 17.9 Å². The number of aromatic nitrogens is 1. The number of aryl methyl sites for hydroxylation is 1. The van der Waals surface area contributed by atoms with Crippen LogP contribution in [0.1, 0.15) is 51.1 Å². The van der Waals surface area contributed by atoms with Crippen LogP contribution in [0.15, 0.2) is 48.8 Å². The second-order valence-electron chi connectivity index (χ2n) is 7.13. The van der Waals surface area contributed by atoms with Crippen LogP contribution in [0.5, 0.6) is 0 Å². The number of carbonyl (C=O) groups excluding carboxylic acids is 2. The lowest BCUT2D eigenvalue weighted by atomic mass is 9.95. The summed E-state index contributed by atoms with van der Waals surface area (Å²) in [5.74, 6) is 0.0104. The number of amides is 2. The summed E-state index contributed by atoms with van der Waals surface area (Å²) in [6.45, 7) is 1.31. The van der Waals surface area contributed by atoms with E-state index < -0.39 is 0 Å². The van der Waals surface area contributed by atoms with Gasteiger partial charge in [-0.15, -0.1) is 0 Å². The molecule has 27 heavy (non-hydrogen) atoms. The number of rotatable bonds is 3. The van der Waals surface area contributed by atoms with Crippen molar-refractivity contribution in [3.8, 4) is 0 Å². The van der Waals surface area contributed by atoms with E-state index in [1.54, 1.807) is 24.5 Å². The third kappa shape index (κ3) is 3.92. The normalized spacial score (nSPS) is 16.7. The maximum Gasteiger partial charge on any atom is 0.253 e. The van der Waals surface area contributed by atoms with Crippen LogP contribution in [0.4, 0.5) is 0 Å². The Hall–Kier alpha value is -2.95. The molecule has 0 radical (unpaired) electrons. The summed E-state index contributed by atoms with van der Waals surface area (Å²) in [7, 11) is 0. The average Bonchev–Trinajstić information content (AvgIpc) is 2.74. The Morgan fingerprint density at radius 3 is 2.59 bits per heavy atom. The molecule has 1 N–H and O–H groups in total. The van der Waals surface area contributed by atoms with Gasteiger partial charge in [0, 0.05) is 42.7 Å². The molecule has 138 valence electrons. The van der Waals surface area contributed by atoms with Gasteiger partial charge in [-0.25, -0.2) is 0 Å². The minimum absolute atomic E-state index is 0.0220. The number of pyridine rings is 1. The maximum atomic E-state index is 12.6. The number of piperidine rings is 1. The van der Waals surface area contributed by atoms with Crippen LogP contribution in [-0.2, 0) is 6.42 Å². The number of carbonyl (C=O) groups is 2. The molecule has 2 heterocycles. The number of nitrogens with one attached hydrogen (secondary N) is 1. The molecular weight excluding hydrogens is 338 g/mol. The topological polar surface area (TPSA) is 62.3 Å². The molecule has 1 aromatic heterocycles. The highest BCUT2D eigenvalue weighted by Gasteiger charge is 2.25. The molecule has 2 amide bonds. The van der Waals surface area contributed by atoms with Crippen molar-refractivity contribution in [3.63, 3.8) is 0 Å². The molecule has 0 bridgehead atoms. The van der Waals surface area contributed by atoms with Gasteiger partial charge in [0.15, 0.2) is 0 Å². The van der Waals surface area contributed by atoms with Gasteiger partial charge in [-0.3, -0.25) is 14.6 Å². The Kier molecular flexibility index (Phi) is 5.01. The first-order valence-corrected chi connectivity index (χ1v) is 9.50. The Morgan fingerprint density at radius 2 is 1.81 bits per heavy atom. The minimum Gasteiger partial charge on any atom is -0.349 e. The monoisotopic (exact) mass is 361 g/mol. The Labute approximate surface area is 159 Å². The second-order valence-corrected chi connectivity index (χ2v) is 7.13. The Morgan fingerprint density at radius 1 is 1.04 bits per heavy atom. The van der Waals surface area contributed by atoms with E-state index in [9.17, 15) is 9.59 Å². The van der Waals surface area contributed by atoms with Crippen LogP contribution < -0.4 is 5.32 Å². The fraction of sp³-hybridized carbons (Fsp3) is 0.318. The summed E-state index contributed by atoms with van der Waals surface area (Å²) in [4.78, 5) is 30.9. The highest BCUT2D eigenvalue weighted by Crippen LogP contribution is 2.21. The molecule has 5 heteroatoms. The zero-order valence-electron chi connectivity index (χ0n) is 15.2. The summed E-state index contributed by atoms with van der Waals surface area (Å²) < 4.78 is 0. The fourth-order valence-corrected chi connectivity index (χ4v) is 3.75. The molecule has 0 saturated carbocycles. The number of allylic oxidation sites excluding steroid dienone is 1. The molecule has 0 unspecified atom stereocenters. The van der Waals surface area contributed by atoms with Gasteiger partial charge in [0.1, 0.15) is 0 Å². The van der Waals surface area contributed by atoms with Gasteiger partial charge < -0.3 is 10.2 Å². The lowest BCUT2D eigenvalue weighted by Gasteiger charge is -2.32. The molecule has 5 nitrogen and oxygen atoms in total. The lowest BCUT2D eigenvalue weighted by Crippen LogP contribution is -2.46. The van der Waals surface area contributed by atoms with Crippen molar-refractivity contribution in [2.75, 3.05) is 13.1 Å². The zero-order chi connectivity index (χ0) is 18.6. The van der Waals surface area contributed by atoms with E-state index in [4.69, 9.17) is 0 Å². The molecule has 1 aromatic carbocycles. The molecule has 1 saturated heterocycles. The van der Waals surface area contributed by atoms with E-state index in [2.05, 4.69) is 22.5 Å². The molecule has 4 rings (SSSR count). The van der Waals surface area contributed by atoms with Crippen molar-refractivity contribution >= 4 is 17.9 Å². The molecule has 2 aromatic rings. The number of hydrogen-bond acceptors (Lipinski definition) is 3. The minimum atomic E-state index is -0.0220. The van der Waals surface area contributed by atoms with E-state index in [1.165, 1.54) is 11.1 Å². The molecular formula is C22H23N3O2. The van der Waals surface area contributed by atoms with Gasteiger partial charge in [0.25, 0.3) is 11.8 Å². The van der Waals surface area contributed by atoms with E-state index in [0.29, 0.717) is 18.7 Å². The maximum absolute atomic E-state index is 12.6. The standard InChI is InChI=1S/C22H23N3O2/c26-21(19-6-5-16-3-1-2-4-18(16)15-19)24-20-9-13-25(14-10-20)22(27)17-7-11-23-12-8-17/h1,3,5-8,11-12,15,20H,2,4,9-10,13-14H2,(H,24,26). The van der Waals surface area contributed by atoms with Crippen LogP contribution >= 0.6 is 0 Å². The van der Waals surface area contributed by atoms with Crippen molar-refractivity contribution in [1.29, 1.82) is 0 Å². The number of likely N-dealkylation sites (tertiary alicyclic amines) is 1. The molecule has 0 atom stereocenters. The SMILES string of the molecule is O=C(NC1CCN(C(=O)c2ccncc2)CC1)c1ccc2c(c1)CCC=C2. The quantitative estimate of drug-likeness (QED) is 0.914. The van der Waals surface area contributed by atoms with Crippen molar-refractivity contribution in [2.24, 2.45) is 0 Å². The Balaban J connectivity index is 1.33. The molecule has 0 spiro atoms. The van der Waals surface area contributed by atoms with Crippen LogP contribution in [0.2, 0.25) is 0 Å². The predicted molar refractivity (Wildman–Crippen MR) is 104 cm³/mol. The van der Waals surface area contributed by atoms with Crippen LogP contribution in [0, 0.1) is 0 Å². The van der Waals surface area contributed by atoms with Crippen LogP contribution in [0.3, 0.4) is 0 Å². The van der Waals surface area contributed by atoms with Crippen molar-refractivity contribution < 1.29 is 9.59 Å². The summed E-state index contributed by atoms with van der Waals surface area (Å²) in [5, 5.41) is 3.14. The molecule has 1 fully saturated rings. The number of benzene rings is 1. The molecule has 1 aliphatic carbocycles. The van der Waals surface area contributed by atoms with Gasteiger partial charge in [-0.05, 0) is 61.1 Å². The summed E-state index contributed by atoms with van der Waals surface area (Å²) >= 11 is 0. The van der Waals surface area contributed by atoms with Gasteiger partial charge in [0.2, 0.25) is 0 Å². The van der Waals surface area contributed by atoms with Crippen LogP contribution in [0.25, 0.3) is 6.08 Å². The van der Waals surface area contributed by atoms with Crippen molar-refractivity contribution in [1.82, 2.24) is 15.2 Å². The van der Waals surface area contributed by atoms with E-state index in [1.807, 2.05) is 23.1 Å². The number of nitrogens with zero attached hydrogens (tertiary/aromatic N) is 2. The van der Waals surface area contributed by atoms with Gasteiger partial charge in [-0.2, -0.15) is 0 Å². The second kappa shape index (κ2) is 7.74. The largest absolute Gasteiger partial charge is 0.349 e. The number of hydrogen-bond donors (Lipinski definition) is 1. The first-order chi connectivity index (χ1) is 13.2. The Bertz CT molecular complexity index is 868. The van der Waals surface area contributed by atoms with Crippen LogP contribution in [-0.4, -0.2) is 40.8 Å². The lowest BCUT2D eigenvalue weighted by molar-refractivity contribution is 0.0698. The first-order valence-electron chi connectivity index (χ1n) is 9.50. The van der Waals surface area contributed by atoms with Gasteiger partial charge in [-0.1, -0.05) is 18.2 Å². The summed E-state index contributed by atoms with van der Waals surface area (Å²) in [5.41, 5.74) is 3.83. The third-order valence-electron chi connectivity index (χ3n) is 5.33. The average molecular weight is 361 g/mol. The van der Waals surface area contributed by atoms with Gasteiger partial charge in [0.05, 0.1) is 0 Å². The van der Waals surface area contributed by atoms with Crippen molar-refractivity contribution in [2.45, 2.75) is 31.7 Å². The first kappa shape index (κ1) is 17.5. The number of fused-ring (bicyclic) bond motifs is 1. The highest BCUT2D eigenvalue weighted by molar-refractivity contribution is 5.95. The predicted octanol–water partition coefficient (Wildman–Crippen LogP) is 3.08. The van der Waals surface area contributed by atoms with E-state index in [0.717, 1.165) is 31.2 Å². The molecule has 2 aliphatic rings. The summed E-state index contributed by atoms with van der Waals surface area (Å²) in [6, 6.07) is 9.51. The van der Waals surface area contributed by atoms with Crippen molar-refractivity contribution in [3.05, 3.63) is 71.1 Å². The third-order valence-corrected chi connectivity index (χ3v) is 5.33. The van der Waals surface area contributed by atoms with E-state index >= 15 is 0 Å². The fourth-order valence-electron chi connectivity index (χ4n) is 3.75. The highest BCUT2D eigenvalue weighted by atomic mass is 16.2. The smallest absolute Gasteiger partial charge is 0.253 e. The van der Waals surface area contributed by atoms with Gasteiger partial charge >= 0.3 is 0 Å². The molecule has 1 aliphatic heterocycles. The zero-order valence-corrected chi connectivity index (χ0v) is 15.2. The summed E-state index contributed by atoms with van der Waals surface area (Å²) in [6.07, 6.45) is 11.1.